The van der Waals surface area contributed by atoms with Gasteiger partial charge in [0.05, 0.1) is 30.3 Å². The second-order valence-corrected chi connectivity index (χ2v) is 7.60. The zero-order chi connectivity index (χ0) is 19.8. The van der Waals surface area contributed by atoms with Crippen LogP contribution in [0.1, 0.15) is 24.8 Å². The largest absolute Gasteiger partial charge is 0.454 e. The predicted molar refractivity (Wildman–Crippen MR) is 112 cm³/mol. The third kappa shape index (κ3) is 3.06. The number of quaternary nitrogens is 1. The first-order valence-electron chi connectivity index (χ1n) is 9.84. The van der Waals surface area contributed by atoms with Crippen LogP contribution in [0.25, 0.3) is 0 Å². The Bertz CT molecular complexity index is 1070. The van der Waals surface area contributed by atoms with Crippen molar-refractivity contribution in [3.05, 3.63) is 78.1 Å². The Morgan fingerprint density at radius 3 is 2.79 bits per heavy atom. The number of ether oxygens (including phenoxy) is 1. The molecule has 2 heterocycles. The standard InChI is InChI=1S/C23H22FN4O/c1-17-4-2-7-21(12-17)29-23-9-8-19(13-22(23)24)27(18-5-3-6-18)28-11-10-25-14-20(28)15-26-16-28/h2,4,7-16,18H,3,5-6H2,1H3/q+1. The van der Waals surface area contributed by atoms with E-state index in [1.54, 1.807) is 18.3 Å². The van der Waals surface area contributed by atoms with Gasteiger partial charge in [0.2, 0.25) is 12.0 Å². The summed E-state index contributed by atoms with van der Waals surface area (Å²) < 4.78 is 21.1. The van der Waals surface area contributed by atoms with Crippen molar-refractivity contribution in [1.82, 2.24) is 0 Å². The summed E-state index contributed by atoms with van der Waals surface area (Å²) in [4.78, 5) is 8.61. The maximum atomic E-state index is 15.0. The summed E-state index contributed by atoms with van der Waals surface area (Å²) in [6.45, 7) is 1.98. The fourth-order valence-electron chi connectivity index (χ4n) is 3.96. The lowest BCUT2D eigenvalue weighted by Gasteiger charge is -2.46. The van der Waals surface area contributed by atoms with E-state index in [1.165, 1.54) is 6.42 Å². The molecule has 1 saturated carbocycles. The van der Waals surface area contributed by atoms with Gasteiger partial charge >= 0.3 is 0 Å². The summed E-state index contributed by atoms with van der Waals surface area (Å²) in [5.74, 6) is 0.457. The van der Waals surface area contributed by atoms with Gasteiger partial charge in [-0.05, 0) is 56.0 Å². The van der Waals surface area contributed by atoms with Gasteiger partial charge in [0, 0.05) is 6.07 Å². The summed E-state index contributed by atoms with van der Waals surface area (Å²) in [5, 5.41) is 2.22. The fourth-order valence-corrected chi connectivity index (χ4v) is 3.96. The van der Waals surface area contributed by atoms with Crippen molar-refractivity contribution in [1.29, 1.82) is 0 Å². The smallest absolute Gasteiger partial charge is 0.225 e. The van der Waals surface area contributed by atoms with Crippen molar-refractivity contribution < 1.29 is 13.7 Å². The molecule has 146 valence electrons. The van der Waals surface area contributed by atoms with Gasteiger partial charge in [0.25, 0.3) is 0 Å². The molecule has 1 fully saturated rings. The maximum Gasteiger partial charge on any atom is 0.225 e. The van der Waals surface area contributed by atoms with Gasteiger partial charge in [-0.15, -0.1) is 4.59 Å². The number of allylic oxidation sites excluding steroid dienone is 1. The lowest BCUT2D eigenvalue weighted by Crippen LogP contribution is -2.61. The van der Waals surface area contributed by atoms with Crippen LogP contribution in [-0.2, 0) is 0 Å². The molecule has 29 heavy (non-hydrogen) atoms. The van der Waals surface area contributed by atoms with E-state index in [9.17, 15) is 0 Å². The quantitative estimate of drug-likeness (QED) is 0.637. The van der Waals surface area contributed by atoms with E-state index in [0.29, 0.717) is 16.4 Å². The molecule has 0 bridgehead atoms. The van der Waals surface area contributed by atoms with Crippen molar-refractivity contribution in [2.24, 2.45) is 9.98 Å². The van der Waals surface area contributed by atoms with E-state index in [2.05, 4.69) is 15.0 Å². The monoisotopic (exact) mass is 389 g/mol. The first-order valence-corrected chi connectivity index (χ1v) is 9.84. The molecule has 0 saturated heterocycles. The van der Waals surface area contributed by atoms with E-state index in [4.69, 9.17) is 4.74 Å². The SMILES string of the molecule is Cc1cccc(Oc2ccc(N(C3CCC3)[N+]34C=CN=CC3=CN=C4)cc2F)c1. The van der Waals surface area contributed by atoms with Gasteiger partial charge in [-0.1, -0.05) is 12.1 Å². The predicted octanol–water partition coefficient (Wildman–Crippen LogP) is 5.46. The van der Waals surface area contributed by atoms with Crippen LogP contribution in [0.15, 0.2) is 76.7 Å². The molecular formula is C23H22FN4O+. The molecule has 1 aliphatic carbocycles. The number of fused-ring (bicyclic) bond motifs is 1. The van der Waals surface area contributed by atoms with E-state index in [0.717, 1.165) is 29.8 Å². The molecule has 0 N–H and O–H groups in total. The van der Waals surface area contributed by atoms with Crippen molar-refractivity contribution in [3.63, 3.8) is 0 Å². The number of aliphatic imine (C=N–C) groups is 2. The van der Waals surface area contributed by atoms with Crippen LogP contribution in [0.2, 0.25) is 0 Å². The molecule has 2 aromatic carbocycles. The molecule has 1 atom stereocenters. The first-order chi connectivity index (χ1) is 14.2. The molecule has 0 amide bonds. The number of hydrogen-bond donors (Lipinski definition) is 0. The third-order valence-corrected chi connectivity index (χ3v) is 5.62. The topological polar surface area (TPSA) is 37.2 Å². The molecule has 3 aliphatic rings. The molecule has 0 spiro atoms. The molecule has 2 aromatic rings. The highest BCUT2D eigenvalue weighted by Gasteiger charge is 2.46. The van der Waals surface area contributed by atoms with Gasteiger partial charge < -0.3 is 4.74 Å². The number of aryl methyl sites for hydroxylation is 1. The summed E-state index contributed by atoms with van der Waals surface area (Å²) >= 11 is 0. The summed E-state index contributed by atoms with van der Waals surface area (Å²) in [5.41, 5.74) is 2.81. The first kappa shape index (κ1) is 17.8. The van der Waals surface area contributed by atoms with Gasteiger partial charge in [-0.2, -0.15) is 0 Å². The minimum atomic E-state index is -0.386. The molecule has 0 aromatic heterocycles. The Morgan fingerprint density at radius 1 is 1.14 bits per heavy atom. The van der Waals surface area contributed by atoms with Crippen LogP contribution in [-0.4, -0.2) is 23.2 Å². The zero-order valence-electron chi connectivity index (χ0n) is 16.2. The van der Waals surface area contributed by atoms with Crippen LogP contribution in [0.5, 0.6) is 11.5 Å². The normalized spacial score (nSPS) is 22.2. The lowest BCUT2D eigenvalue weighted by molar-refractivity contribution is -0.746. The number of anilines is 1. The van der Waals surface area contributed by atoms with Crippen LogP contribution in [0.3, 0.4) is 0 Å². The average Bonchev–Trinajstić information content (AvgIpc) is 3.11. The molecular weight excluding hydrogens is 367 g/mol. The van der Waals surface area contributed by atoms with Crippen LogP contribution >= 0.6 is 0 Å². The van der Waals surface area contributed by atoms with Crippen LogP contribution in [0, 0.1) is 12.7 Å². The molecule has 5 rings (SSSR count). The third-order valence-electron chi connectivity index (χ3n) is 5.62. The van der Waals surface area contributed by atoms with Crippen molar-refractivity contribution in [2.45, 2.75) is 32.2 Å². The Balaban J connectivity index is 1.50. The van der Waals surface area contributed by atoms with E-state index in [-0.39, 0.29) is 11.6 Å². The van der Waals surface area contributed by atoms with Gasteiger partial charge in [-0.25, -0.2) is 14.4 Å². The van der Waals surface area contributed by atoms with Crippen LogP contribution < -0.4 is 9.75 Å². The highest BCUT2D eigenvalue weighted by atomic mass is 19.1. The zero-order valence-corrected chi connectivity index (χ0v) is 16.2. The lowest BCUT2D eigenvalue weighted by atomic mass is 9.91. The average molecular weight is 389 g/mol. The van der Waals surface area contributed by atoms with Gasteiger partial charge in [0.1, 0.15) is 5.75 Å². The van der Waals surface area contributed by atoms with E-state index in [1.807, 2.05) is 62.2 Å². The summed E-state index contributed by atoms with van der Waals surface area (Å²) in [7, 11) is 0. The Hall–Kier alpha value is -3.25. The second-order valence-electron chi connectivity index (χ2n) is 7.60. The van der Waals surface area contributed by atoms with Crippen molar-refractivity contribution in [3.8, 4) is 11.5 Å². The number of benzene rings is 2. The Kier molecular flexibility index (Phi) is 4.28. The highest BCUT2D eigenvalue weighted by molar-refractivity contribution is 5.82. The van der Waals surface area contributed by atoms with Gasteiger partial charge in [0.15, 0.2) is 17.8 Å². The molecule has 5 nitrogen and oxygen atoms in total. The highest BCUT2D eigenvalue weighted by Crippen LogP contribution is 2.40. The van der Waals surface area contributed by atoms with Crippen LogP contribution in [0.4, 0.5) is 10.1 Å². The maximum absolute atomic E-state index is 15.0. The molecule has 0 radical (unpaired) electrons. The van der Waals surface area contributed by atoms with Gasteiger partial charge in [-0.3, -0.25) is 4.99 Å². The minimum absolute atomic E-state index is 0.217. The summed E-state index contributed by atoms with van der Waals surface area (Å²) in [6, 6.07) is 13.1. The Labute approximate surface area is 169 Å². The number of halogens is 1. The fraction of sp³-hybridized carbons (Fsp3) is 0.217. The van der Waals surface area contributed by atoms with Crippen molar-refractivity contribution >= 4 is 18.2 Å². The number of rotatable bonds is 5. The molecule has 2 aliphatic heterocycles. The second kappa shape index (κ2) is 6.97. The van der Waals surface area contributed by atoms with E-state index < -0.39 is 0 Å². The van der Waals surface area contributed by atoms with E-state index >= 15 is 4.39 Å². The molecule has 6 heteroatoms. The minimum Gasteiger partial charge on any atom is -0.454 e. The number of nitrogens with zero attached hydrogens (tertiary/aromatic N) is 4. The van der Waals surface area contributed by atoms with Crippen molar-refractivity contribution in [2.75, 3.05) is 5.01 Å². The molecule has 1 unspecified atom stereocenters. The summed E-state index contributed by atoms with van der Waals surface area (Å²) in [6.07, 6.45) is 12.5. The Morgan fingerprint density at radius 2 is 2.03 bits per heavy atom. The number of hydrogen-bond acceptors (Lipinski definition) is 4.